The summed E-state index contributed by atoms with van der Waals surface area (Å²) in [5.74, 6) is -0.528. The van der Waals surface area contributed by atoms with Crippen molar-refractivity contribution < 1.29 is 22.8 Å². The van der Waals surface area contributed by atoms with Crippen molar-refractivity contribution in [2.75, 3.05) is 16.4 Å². The topological polar surface area (TPSA) is 80.2 Å². The highest BCUT2D eigenvalue weighted by molar-refractivity contribution is 8.00. The lowest BCUT2D eigenvalue weighted by molar-refractivity contribution is -0.139. The number of halogens is 3. The lowest BCUT2D eigenvalue weighted by atomic mass is 10.2. The number of carbonyl (C=O) groups excluding carboxylic acids is 2. The largest absolute Gasteiger partial charge is 0.421 e. The Hall–Kier alpha value is -2.75. The van der Waals surface area contributed by atoms with Gasteiger partial charge in [0.25, 0.3) is 5.56 Å². The van der Waals surface area contributed by atoms with E-state index in [2.05, 4.69) is 10.6 Å². The third kappa shape index (κ3) is 3.90. The lowest BCUT2D eigenvalue weighted by Gasteiger charge is -2.17. The molecule has 1 aliphatic heterocycles. The van der Waals surface area contributed by atoms with Crippen molar-refractivity contribution >= 4 is 35.0 Å². The summed E-state index contributed by atoms with van der Waals surface area (Å²) in [6, 6.07) is 6.59. The van der Waals surface area contributed by atoms with Crippen LogP contribution in [0.4, 0.5) is 24.5 Å². The van der Waals surface area contributed by atoms with Crippen molar-refractivity contribution in [2.45, 2.75) is 17.6 Å². The fourth-order valence-corrected chi connectivity index (χ4v) is 3.18. The number of nitrogens with zero attached hydrogens (tertiary/aromatic N) is 1. The monoisotopic (exact) mass is 383 g/mol. The molecule has 0 aliphatic carbocycles. The van der Waals surface area contributed by atoms with Gasteiger partial charge in [-0.3, -0.25) is 14.4 Å². The first kappa shape index (κ1) is 18.1. The van der Waals surface area contributed by atoms with Crippen LogP contribution in [0.1, 0.15) is 5.56 Å². The van der Waals surface area contributed by atoms with Gasteiger partial charge in [0, 0.05) is 16.8 Å². The summed E-state index contributed by atoms with van der Waals surface area (Å²) < 4.78 is 39.0. The van der Waals surface area contributed by atoms with Gasteiger partial charge in [0.1, 0.15) is 12.1 Å². The second-order valence-corrected chi connectivity index (χ2v) is 6.47. The fourth-order valence-electron chi connectivity index (χ4n) is 2.39. The van der Waals surface area contributed by atoms with Gasteiger partial charge in [-0.2, -0.15) is 13.2 Å². The Morgan fingerprint density at radius 2 is 2.04 bits per heavy atom. The van der Waals surface area contributed by atoms with Crippen LogP contribution in [-0.4, -0.2) is 22.1 Å². The molecule has 2 amide bonds. The van der Waals surface area contributed by atoms with Gasteiger partial charge in [0.05, 0.1) is 11.4 Å². The molecular weight excluding hydrogens is 371 g/mol. The van der Waals surface area contributed by atoms with Crippen molar-refractivity contribution in [1.82, 2.24) is 4.57 Å². The van der Waals surface area contributed by atoms with E-state index < -0.39 is 29.8 Å². The van der Waals surface area contributed by atoms with Gasteiger partial charge in [0.15, 0.2) is 0 Å². The summed E-state index contributed by atoms with van der Waals surface area (Å²) in [5, 5.41) is 5.17. The number of anilines is 2. The maximum atomic E-state index is 12.8. The van der Waals surface area contributed by atoms with Gasteiger partial charge in [-0.05, 0) is 30.3 Å². The minimum absolute atomic E-state index is 0.165. The van der Waals surface area contributed by atoms with E-state index in [-0.39, 0.29) is 5.91 Å². The highest BCUT2D eigenvalue weighted by Gasteiger charge is 2.34. The summed E-state index contributed by atoms with van der Waals surface area (Å²) in [4.78, 5) is 36.2. The van der Waals surface area contributed by atoms with Gasteiger partial charge in [-0.1, -0.05) is 0 Å². The number of alkyl halides is 3. The molecule has 3 rings (SSSR count). The molecule has 0 atom stereocenters. The molecule has 136 valence electrons. The number of carbonyl (C=O) groups is 2. The SMILES string of the molecule is O=C(Cn1cccc(C(F)(F)F)c1=O)Nc1ccc2c(c1)NC(=O)CS2. The standard InChI is InChI=1S/C16H12F3N3O3S/c17-16(18,19)10-2-1-5-22(15(10)25)7-13(23)20-9-3-4-12-11(6-9)21-14(24)8-26-12/h1-6H,7-8H2,(H,20,23)(H,21,24). The third-order valence-corrected chi connectivity index (χ3v) is 4.61. The molecule has 0 fully saturated rings. The smallest absolute Gasteiger partial charge is 0.324 e. The normalized spacial score (nSPS) is 13.7. The number of amides is 2. The Bertz CT molecular complexity index is 940. The average Bonchev–Trinajstić information content (AvgIpc) is 2.55. The van der Waals surface area contributed by atoms with Crippen LogP contribution in [0.25, 0.3) is 0 Å². The minimum Gasteiger partial charge on any atom is -0.324 e. The average molecular weight is 383 g/mol. The second-order valence-electron chi connectivity index (χ2n) is 5.45. The first-order valence-corrected chi connectivity index (χ1v) is 8.36. The molecule has 0 bridgehead atoms. The molecule has 0 saturated heterocycles. The Kier molecular flexibility index (Phi) is 4.77. The van der Waals surface area contributed by atoms with Gasteiger partial charge in [0.2, 0.25) is 11.8 Å². The molecule has 1 aliphatic rings. The van der Waals surface area contributed by atoms with Gasteiger partial charge in [-0.15, -0.1) is 11.8 Å². The summed E-state index contributed by atoms with van der Waals surface area (Å²) in [6.07, 6.45) is -3.67. The van der Waals surface area contributed by atoms with E-state index in [0.717, 1.165) is 17.2 Å². The molecule has 0 unspecified atom stereocenters. The summed E-state index contributed by atoms with van der Waals surface area (Å²) in [7, 11) is 0. The summed E-state index contributed by atoms with van der Waals surface area (Å²) in [5.41, 5.74) is -1.72. The van der Waals surface area contributed by atoms with Gasteiger partial charge >= 0.3 is 6.18 Å². The van der Waals surface area contributed by atoms with Crippen LogP contribution >= 0.6 is 11.8 Å². The Morgan fingerprint density at radius 3 is 2.77 bits per heavy atom. The number of benzene rings is 1. The number of aromatic nitrogens is 1. The van der Waals surface area contributed by atoms with E-state index in [1.165, 1.54) is 11.8 Å². The second kappa shape index (κ2) is 6.87. The van der Waals surface area contributed by atoms with Gasteiger partial charge < -0.3 is 15.2 Å². The van der Waals surface area contributed by atoms with Crippen LogP contribution in [0.5, 0.6) is 0 Å². The maximum Gasteiger partial charge on any atom is 0.421 e. The van der Waals surface area contributed by atoms with Crippen molar-refractivity contribution in [3.63, 3.8) is 0 Å². The highest BCUT2D eigenvalue weighted by atomic mass is 32.2. The van der Waals surface area contributed by atoms with Crippen molar-refractivity contribution in [1.29, 1.82) is 0 Å². The third-order valence-electron chi connectivity index (χ3n) is 3.54. The number of nitrogens with one attached hydrogen (secondary N) is 2. The van der Waals surface area contributed by atoms with Crippen LogP contribution in [0.3, 0.4) is 0 Å². The summed E-state index contributed by atoms with van der Waals surface area (Å²) >= 11 is 1.36. The molecule has 1 aromatic heterocycles. The molecule has 10 heteroatoms. The zero-order valence-electron chi connectivity index (χ0n) is 13.1. The molecule has 2 heterocycles. The number of rotatable bonds is 3. The number of fused-ring (bicyclic) bond motifs is 1. The first-order valence-electron chi connectivity index (χ1n) is 7.37. The minimum atomic E-state index is -4.79. The van der Waals surface area contributed by atoms with E-state index >= 15 is 0 Å². The van der Waals surface area contributed by atoms with Crippen LogP contribution in [-0.2, 0) is 22.3 Å². The van der Waals surface area contributed by atoms with E-state index in [0.29, 0.717) is 27.8 Å². The number of thioether (sulfide) groups is 1. The molecule has 0 spiro atoms. The zero-order chi connectivity index (χ0) is 18.9. The van der Waals surface area contributed by atoms with Crippen molar-refractivity contribution in [2.24, 2.45) is 0 Å². The molecular formula is C16H12F3N3O3S. The molecule has 2 N–H and O–H groups in total. The Morgan fingerprint density at radius 1 is 1.27 bits per heavy atom. The molecule has 0 saturated carbocycles. The zero-order valence-corrected chi connectivity index (χ0v) is 13.9. The predicted molar refractivity (Wildman–Crippen MR) is 90.1 cm³/mol. The number of hydrogen-bond donors (Lipinski definition) is 2. The molecule has 0 radical (unpaired) electrons. The molecule has 1 aromatic carbocycles. The lowest BCUT2D eigenvalue weighted by Crippen LogP contribution is -2.32. The Balaban J connectivity index is 1.75. The van der Waals surface area contributed by atoms with Gasteiger partial charge in [-0.25, -0.2) is 0 Å². The number of hydrogen-bond acceptors (Lipinski definition) is 4. The van der Waals surface area contributed by atoms with Crippen LogP contribution in [0.2, 0.25) is 0 Å². The summed E-state index contributed by atoms with van der Waals surface area (Å²) in [6.45, 7) is -0.569. The van der Waals surface area contributed by atoms with Crippen LogP contribution in [0, 0.1) is 0 Å². The van der Waals surface area contributed by atoms with E-state index in [9.17, 15) is 27.6 Å². The molecule has 6 nitrogen and oxygen atoms in total. The predicted octanol–water partition coefficient (Wildman–Crippen LogP) is 2.55. The van der Waals surface area contributed by atoms with Crippen molar-refractivity contribution in [3.05, 3.63) is 52.4 Å². The highest BCUT2D eigenvalue weighted by Crippen LogP contribution is 2.33. The number of pyridine rings is 1. The maximum absolute atomic E-state index is 12.8. The molecule has 26 heavy (non-hydrogen) atoms. The van der Waals surface area contributed by atoms with Crippen molar-refractivity contribution in [3.8, 4) is 0 Å². The van der Waals surface area contributed by atoms with E-state index in [1.807, 2.05) is 0 Å². The fraction of sp³-hybridized carbons (Fsp3) is 0.188. The van der Waals surface area contributed by atoms with Crippen LogP contribution in [0.15, 0.2) is 46.2 Å². The quantitative estimate of drug-likeness (QED) is 0.854. The first-order chi connectivity index (χ1) is 12.2. The molecule has 2 aromatic rings. The van der Waals surface area contributed by atoms with E-state index in [4.69, 9.17) is 0 Å². The van der Waals surface area contributed by atoms with Crippen LogP contribution < -0.4 is 16.2 Å². The van der Waals surface area contributed by atoms with E-state index in [1.54, 1.807) is 18.2 Å². The Labute approximate surface area is 149 Å².